The fraction of sp³-hybridized carbons (Fsp3) is 0.429. The van der Waals surface area contributed by atoms with Crippen LogP contribution in [0.1, 0.15) is 17.8 Å². The quantitative estimate of drug-likeness (QED) is 0.491. The summed E-state index contributed by atoms with van der Waals surface area (Å²) in [7, 11) is 3.57. The van der Waals surface area contributed by atoms with Crippen LogP contribution in [0.4, 0.5) is 0 Å². The van der Waals surface area contributed by atoms with Crippen molar-refractivity contribution in [2.75, 3.05) is 20.7 Å². The number of imidazole rings is 1. The number of rotatable bonds is 2. The van der Waals surface area contributed by atoms with Gasteiger partial charge in [-0.2, -0.15) is 0 Å². The second-order valence-electron chi connectivity index (χ2n) is 4.87. The Morgan fingerprint density at radius 2 is 2.30 bits per heavy atom. The number of benzene rings is 1. The molecule has 0 amide bonds. The van der Waals surface area contributed by atoms with Crippen molar-refractivity contribution in [2.45, 2.75) is 19.9 Å². The molecule has 0 saturated heterocycles. The zero-order valence-electron chi connectivity index (χ0n) is 12.0. The Morgan fingerprint density at radius 1 is 1.45 bits per heavy atom. The van der Waals surface area contributed by atoms with E-state index in [1.54, 1.807) is 7.05 Å². The van der Waals surface area contributed by atoms with Crippen LogP contribution in [0.2, 0.25) is 0 Å². The zero-order valence-corrected chi connectivity index (χ0v) is 12.0. The van der Waals surface area contributed by atoms with Gasteiger partial charge in [-0.3, -0.25) is 4.99 Å². The molecule has 1 aliphatic rings. The van der Waals surface area contributed by atoms with Gasteiger partial charge < -0.3 is 14.7 Å². The number of aliphatic imine (C=N–C) groups is 1. The fourth-order valence-corrected chi connectivity index (χ4v) is 2.61. The molecule has 6 nitrogen and oxygen atoms in total. The van der Waals surface area contributed by atoms with E-state index in [1.807, 2.05) is 7.05 Å². The number of hydrogen-bond acceptors (Lipinski definition) is 4. The van der Waals surface area contributed by atoms with Crippen LogP contribution in [0.25, 0.3) is 11.0 Å². The second-order valence-corrected chi connectivity index (χ2v) is 4.87. The molecule has 0 saturated carbocycles. The smallest absolute Gasteiger partial charge is 0.179 e. The van der Waals surface area contributed by atoms with Crippen molar-refractivity contribution in [1.82, 2.24) is 20.4 Å². The number of nitrogens with one attached hydrogen (secondary N) is 2. The van der Waals surface area contributed by atoms with E-state index < -0.39 is 0 Å². The summed E-state index contributed by atoms with van der Waals surface area (Å²) in [6.45, 7) is 3.67. The monoisotopic (exact) mass is 273 g/mol. The number of hydrazine groups is 1. The van der Waals surface area contributed by atoms with Gasteiger partial charge in [0, 0.05) is 20.6 Å². The van der Waals surface area contributed by atoms with Crippen molar-refractivity contribution in [3.05, 3.63) is 23.5 Å². The average Bonchev–Trinajstić information content (AvgIpc) is 2.64. The van der Waals surface area contributed by atoms with Gasteiger partial charge in [0.05, 0.1) is 12.1 Å². The first-order chi connectivity index (χ1) is 9.74. The lowest BCUT2D eigenvalue weighted by atomic mass is 10.2. The molecule has 2 aromatic rings. The van der Waals surface area contributed by atoms with Crippen LogP contribution in [0.5, 0.6) is 5.75 Å². The minimum atomic E-state index is 0.731. The Hall–Kier alpha value is -2.08. The molecule has 1 aromatic carbocycles. The topological polar surface area (TPSA) is 63.5 Å². The van der Waals surface area contributed by atoms with Crippen molar-refractivity contribution in [3.63, 3.8) is 0 Å². The van der Waals surface area contributed by atoms with E-state index in [1.165, 1.54) is 0 Å². The summed E-state index contributed by atoms with van der Waals surface area (Å²) in [5, 5.41) is 0. The van der Waals surface area contributed by atoms with Crippen LogP contribution in [-0.4, -0.2) is 36.1 Å². The number of nitrogens with zero attached hydrogens (tertiary/aromatic N) is 3. The molecule has 3 rings (SSSR count). The highest BCUT2D eigenvalue weighted by Gasteiger charge is 2.20. The normalized spacial score (nSPS) is 15.1. The maximum absolute atomic E-state index is 5.85. The fourth-order valence-electron chi connectivity index (χ4n) is 2.61. The first kappa shape index (κ1) is 12.9. The molecule has 20 heavy (non-hydrogen) atoms. The predicted molar refractivity (Wildman–Crippen MR) is 79.2 cm³/mol. The Kier molecular flexibility index (Phi) is 3.31. The molecule has 0 fully saturated rings. The van der Waals surface area contributed by atoms with Crippen molar-refractivity contribution >= 4 is 16.9 Å². The number of amidine groups is 1. The van der Waals surface area contributed by atoms with E-state index in [0.717, 1.165) is 53.6 Å². The summed E-state index contributed by atoms with van der Waals surface area (Å²) < 4.78 is 8.04. The van der Waals surface area contributed by atoms with E-state index in [0.29, 0.717) is 0 Å². The molecule has 106 valence electrons. The molecule has 0 unspecified atom stereocenters. The molecule has 1 aliphatic heterocycles. The maximum atomic E-state index is 5.85. The third kappa shape index (κ3) is 2.02. The van der Waals surface area contributed by atoms with E-state index in [4.69, 9.17) is 9.72 Å². The molecule has 0 atom stereocenters. The summed E-state index contributed by atoms with van der Waals surface area (Å²) in [4.78, 5) is 9.00. The first-order valence-electron chi connectivity index (χ1n) is 6.78. The highest BCUT2D eigenvalue weighted by atomic mass is 16.5. The van der Waals surface area contributed by atoms with Gasteiger partial charge in [-0.1, -0.05) is 0 Å². The third-order valence-corrected chi connectivity index (χ3v) is 3.41. The minimum absolute atomic E-state index is 0.731. The Labute approximate surface area is 117 Å². The number of aromatic nitrogens is 2. The van der Waals surface area contributed by atoms with E-state index >= 15 is 0 Å². The SMILES string of the molecule is CN=C(NNC)c1nc2cc(C)cc3c2n1CCCO3. The largest absolute Gasteiger partial charge is 0.491 e. The molecular weight excluding hydrogens is 254 g/mol. The molecular formula is C14H19N5O. The molecule has 0 radical (unpaired) electrons. The summed E-state index contributed by atoms with van der Waals surface area (Å²) in [5.74, 6) is 2.49. The van der Waals surface area contributed by atoms with E-state index in [2.05, 4.69) is 39.5 Å². The minimum Gasteiger partial charge on any atom is -0.491 e. The third-order valence-electron chi connectivity index (χ3n) is 3.41. The average molecular weight is 273 g/mol. The summed E-state index contributed by atoms with van der Waals surface area (Å²) >= 11 is 0. The number of aryl methyl sites for hydroxylation is 2. The van der Waals surface area contributed by atoms with E-state index in [9.17, 15) is 0 Å². The molecule has 2 N–H and O–H groups in total. The van der Waals surface area contributed by atoms with Gasteiger partial charge in [0.1, 0.15) is 11.3 Å². The van der Waals surface area contributed by atoms with Crippen LogP contribution in [0.3, 0.4) is 0 Å². The van der Waals surface area contributed by atoms with Crippen LogP contribution in [-0.2, 0) is 6.54 Å². The molecule has 0 aliphatic carbocycles. The summed E-state index contributed by atoms with van der Waals surface area (Å²) in [6, 6.07) is 4.16. The second kappa shape index (κ2) is 5.13. The van der Waals surface area contributed by atoms with Gasteiger partial charge in [0.2, 0.25) is 0 Å². The Morgan fingerprint density at radius 3 is 3.05 bits per heavy atom. The van der Waals surface area contributed by atoms with Gasteiger partial charge in [0.25, 0.3) is 0 Å². The van der Waals surface area contributed by atoms with E-state index in [-0.39, 0.29) is 0 Å². The predicted octanol–water partition coefficient (Wildman–Crippen LogP) is 1.23. The lowest BCUT2D eigenvalue weighted by Crippen LogP contribution is -2.36. The number of ether oxygens (including phenoxy) is 1. The van der Waals surface area contributed by atoms with Crippen molar-refractivity contribution in [1.29, 1.82) is 0 Å². The van der Waals surface area contributed by atoms with Crippen molar-refractivity contribution in [2.24, 2.45) is 4.99 Å². The van der Waals surface area contributed by atoms with Gasteiger partial charge in [0.15, 0.2) is 11.7 Å². The van der Waals surface area contributed by atoms with Crippen LogP contribution < -0.4 is 15.6 Å². The van der Waals surface area contributed by atoms with Gasteiger partial charge >= 0.3 is 0 Å². The van der Waals surface area contributed by atoms with Gasteiger partial charge in [-0.05, 0) is 31.0 Å². The van der Waals surface area contributed by atoms with Gasteiger partial charge in [-0.25, -0.2) is 10.4 Å². The molecule has 6 heteroatoms. The standard InChI is InChI=1S/C14H19N5O/c1-9-7-10-12-11(8-9)20-6-4-5-19(12)14(17-10)13(15-2)18-16-3/h7-8,16H,4-6H2,1-3H3,(H,15,18). The van der Waals surface area contributed by atoms with Crippen LogP contribution in [0.15, 0.2) is 17.1 Å². The highest BCUT2D eigenvalue weighted by Crippen LogP contribution is 2.30. The van der Waals surface area contributed by atoms with Gasteiger partial charge in [-0.15, -0.1) is 0 Å². The maximum Gasteiger partial charge on any atom is 0.179 e. The van der Waals surface area contributed by atoms with Crippen molar-refractivity contribution < 1.29 is 4.74 Å². The van der Waals surface area contributed by atoms with Crippen LogP contribution in [0, 0.1) is 6.92 Å². The lowest BCUT2D eigenvalue weighted by molar-refractivity contribution is 0.315. The molecule has 1 aromatic heterocycles. The molecule has 2 heterocycles. The zero-order chi connectivity index (χ0) is 14.1. The van der Waals surface area contributed by atoms with Crippen LogP contribution >= 0.6 is 0 Å². The lowest BCUT2D eigenvalue weighted by Gasteiger charge is -2.10. The first-order valence-corrected chi connectivity index (χ1v) is 6.78. The highest BCUT2D eigenvalue weighted by molar-refractivity contribution is 5.99. The Bertz CT molecular complexity index is 674. The molecule has 0 spiro atoms. The number of hydrogen-bond donors (Lipinski definition) is 2. The summed E-state index contributed by atoms with van der Waals surface area (Å²) in [6.07, 6.45) is 0.961. The Balaban J connectivity index is 2.26. The summed E-state index contributed by atoms with van der Waals surface area (Å²) in [5.41, 5.74) is 9.11. The van der Waals surface area contributed by atoms with Crippen molar-refractivity contribution in [3.8, 4) is 5.75 Å². The molecule has 0 bridgehead atoms.